The fourth-order valence-electron chi connectivity index (χ4n) is 2.58. The first-order valence-electron chi connectivity index (χ1n) is 6.45. The number of nitrogens with two attached hydrogens (primary N) is 2. The molecule has 0 aliphatic carbocycles. The molecule has 0 aromatic carbocycles. The Balaban J connectivity index is 1.88. The van der Waals surface area contributed by atoms with Gasteiger partial charge in [-0.1, -0.05) is 0 Å². The maximum atomic E-state index is 6.27. The monoisotopic (exact) mass is 237 g/mol. The van der Waals surface area contributed by atoms with Gasteiger partial charge < -0.3 is 20.8 Å². The summed E-state index contributed by atoms with van der Waals surface area (Å²) in [7, 11) is 0. The molecule has 4 nitrogen and oxygen atoms in total. The number of hydrogen-bond donors (Lipinski definition) is 2. The topological polar surface area (TPSA) is 68.4 Å². The first kappa shape index (κ1) is 12.6. The van der Waals surface area contributed by atoms with E-state index in [0.717, 1.165) is 50.5 Å². The average molecular weight is 237 g/mol. The van der Waals surface area contributed by atoms with E-state index in [4.69, 9.17) is 15.9 Å². The van der Waals surface area contributed by atoms with Crippen molar-refractivity contribution in [1.29, 1.82) is 0 Å². The van der Waals surface area contributed by atoms with Crippen LogP contribution in [0.1, 0.15) is 30.4 Å². The van der Waals surface area contributed by atoms with Crippen LogP contribution in [0.2, 0.25) is 0 Å². The summed E-state index contributed by atoms with van der Waals surface area (Å²) in [6, 6.07) is 4.04. The summed E-state index contributed by atoms with van der Waals surface area (Å²) in [4.78, 5) is 2.41. The summed E-state index contributed by atoms with van der Waals surface area (Å²) < 4.78 is 5.61. The smallest absolute Gasteiger partial charge is 0.121 e. The number of hydrogen-bond acceptors (Lipinski definition) is 4. The standard InChI is InChI=1S/C13H23N3O/c1-10-2-3-12(17-10)13(15)11-4-7-16(8-5-11)9-6-14/h2-3,11,13H,4-9,14-15H2,1H3. The molecule has 1 aliphatic heterocycles. The van der Waals surface area contributed by atoms with Crippen LogP contribution in [0, 0.1) is 12.8 Å². The Morgan fingerprint density at radius 1 is 1.41 bits per heavy atom. The van der Waals surface area contributed by atoms with Crippen LogP contribution >= 0.6 is 0 Å². The van der Waals surface area contributed by atoms with Crippen molar-refractivity contribution < 1.29 is 4.42 Å². The fraction of sp³-hybridized carbons (Fsp3) is 0.692. The summed E-state index contributed by atoms with van der Waals surface area (Å²) >= 11 is 0. The average Bonchev–Trinajstić information content (AvgIpc) is 2.76. The Labute approximate surface area is 103 Å². The molecule has 4 heteroatoms. The second kappa shape index (κ2) is 5.67. The molecule has 1 aromatic heterocycles. The summed E-state index contributed by atoms with van der Waals surface area (Å²) in [5.74, 6) is 2.41. The highest BCUT2D eigenvalue weighted by Crippen LogP contribution is 2.29. The zero-order valence-electron chi connectivity index (χ0n) is 10.6. The number of nitrogens with zero attached hydrogens (tertiary/aromatic N) is 1. The van der Waals surface area contributed by atoms with E-state index in [1.54, 1.807) is 0 Å². The molecular formula is C13H23N3O. The lowest BCUT2D eigenvalue weighted by Crippen LogP contribution is -2.39. The lowest BCUT2D eigenvalue weighted by atomic mass is 9.88. The molecule has 17 heavy (non-hydrogen) atoms. The molecule has 4 N–H and O–H groups in total. The second-order valence-corrected chi connectivity index (χ2v) is 4.94. The Bertz CT molecular complexity index is 342. The van der Waals surface area contributed by atoms with Crippen molar-refractivity contribution in [2.45, 2.75) is 25.8 Å². The molecule has 1 aromatic rings. The lowest BCUT2D eigenvalue weighted by molar-refractivity contribution is 0.166. The highest BCUT2D eigenvalue weighted by molar-refractivity contribution is 5.10. The molecule has 2 rings (SSSR count). The molecule has 1 fully saturated rings. The highest BCUT2D eigenvalue weighted by atomic mass is 16.3. The van der Waals surface area contributed by atoms with Crippen molar-refractivity contribution >= 4 is 0 Å². The SMILES string of the molecule is Cc1ccc(C(N)C2CCN(CCN)CC2)o1. The van der Waals surface area contributed by atoms with Gasteiger partial charge in [0.15, 0.2) is 0 Å². The predicted molar refractivity (Wildman–Crippen MR) is 68.6 cm³/mol. The van der Waals surface area contributed by atoms with E-state index in [1.165, 1.54) is 0 Å². The van der Waals surface area contributed by atoms with Gasteiger partial charge in [-0.2, -0.15) is 0 Å². The summed E-state index contributed by atoms with van der Waals surface area (Å²) in [5.41, 5.74) is 11.8. The van der Waals surface area contributed by atoms with E-state index in [0.29, 0.717) is 5.92 Å². The Morgan fingerprint density at radius 2 is 2.12 bits per heavy atom. The Morgan fingerprint density at radius 3 is 2.65 bits per heavy atom. The van der Waals surface area contributed by atoms with Crippen LogP contribution in [0.5, 0.6) is 0 Å². The minimum atomic E-state index is 0.0451. The van der Waals surface area contributed by atoms with E-state index in [2.05, 4.69) is 4.90 Å². The first-order valence-corrected chi connectivity index (χ1v) is 6.45. The molecule has 0 spiro atoms. The van der Waals surface area contributed by atoms with Crippen molar-refractivity contribution in [1.82, 2.24) is 4.90 Å². The first-order chi connectivity index (χ1) is 8.20. The highest BCUT2D eigenvalue weighted by Gasteiger charge is 2.26. The van der Waals surface area contributed by atoms with E-state index in [9.17, 15) is 0 Å². The number of furan rings is 1. The second-order valence-electron chi connectivity index (χ2n) is 4.94. The van der Waals surface area contributed by atoms with Gasteiger partial charge >= 0.3 is 0 Å². The third-order valence-corrected chi connectivity index (χ3v) is 3.68. The van der Waals surface area contributed by atoms with Gasteiger partial charge in [-0.3, -0.25) is 0 Å². The van der Waals surface area contributed by atoms with E-state index in [1.807, 2.05) is 19.1 Å². The van der Waals surface area contributed by atoms with Gasteiger partial charge in [0.25, 0.3) is 0 Å². The molecule has 1 atom stereocenters. The van der Waals surface area contributed by atoms with Gasteiger partial charge in [0.2, 0.25) is 0 Å². The summed E-state index contributed by atoms with van der Waals surface area (Å²) in [5, 5.41) is 0. The Hall–Kier alpha value is -0.840. The third kappa shape index (κ3) is 3.09. The van der Waals surface area contributed by atoms with Crippen LogP contribution in [0.25, 0.3) is 0 Å². The molecule has 0 saturated carbocycles. The molecule has 0 bridgehead atoms. The number of likely N-dealkylation sites (tertiary alicyclic amines) is 1. The molecule has 0 amide bonds. The van der Waals surface area contributed by atoms with Crippen LogP contribution in [-0.4, -0.2) is 31.1 Å². The number of rotatable bonds is 4. The van der Waals surface area contributed by atoms with Crippen molar-refractivity contribution in [2.75, 3.05) is 26.2 Å². The van der Waals surface area contributed by atoms with Gasteiger partial charge in [0.05, 0.1) is 6.04 Å². The van der Waals surface area contributed by atoms with Crippen LogP contribution in [-0.2, 0) is 0 Å². The largest absolute Gasteiger partial charge is 0.465 e. The van der Waals surface area contributed by atoms with Gasteiger partial charge in [0.1, 0.15) is 11.5 Å². The summed E-state index contributed by atoms with van der Waals surface area (Å²) in [6.45, 7) is 5.92. The minimum absolute atomic E-state index is 0.0451. The molecule has 0 radical (unpaired) electrons. The lowest BCUT2D eigenvalue weighted by Gasteiger charge is -2.33. The zero-order valence-corrected chi connectivity index (χ0v) is 10.6. The molecule has 1 aliphatic rings. The molecule has 1 saturated heterocycles. The minimum Gasteiger partial charge on any atom is -0.465 e. The van der Waals surface area contributed by atoms with Crippen LogP contribution in [0.4, 0.5) is 0 Å². The Kier molecular flexibility index (Phi) is 4.20. The molecule has 96 valence electrons. The van der Waals surface area contributed by atoms with Crippen molar-refractivity contribution in [2.24, 2.45) is 17.4 Å². The molecule has 1 unspecified atom stereocenters. The van der Waals surface area contributed by atoms with E-state index >= 15 is 0 Å². The normalized spacial score (nSPS) is 20.6. The zero-order chi connectivity index (χ0) is 12.3. The fourth-order valence-corrected chi connectivity index (χ4v) is 2.58. The molecule has 2 heterocycles. The van der Waals surface area contributed by atoms with Gasteiger partial charge in [-0.05, 0) is 50.9 Å². The number of aryl methyl sites for hydroxylation is 1. The van der Waals surface area contributed by atoms with E-state index < -0.39 is 0 Å². The van der Waals surface area contributed by atoms with Crippen molar-refractivity contribution in [3.8, 4) is 0 Å². The maximum absolute atomic E-state index is 6.27. The predicted octanol–water partition coefficient (Wildman–Crippen LogP) is 1.26. The van der Waals surface area contributed by atoms with Crippen molar-refractivity contribution in [3.05, 3.63) is 23.7 Å². The van der Waals surface area contributed by atoms with Gasteiger partial charge in [-0.25, -0.2) is 0 Å². The molecular weight excluding hydrogens is 214 g/mol. The van der Waals surface area contributed by atoms with Gasteiger partial charge in [0, 0.05) is 13.1 Å². The van der Waals surface area contributed by atoms with Crippen LogP contribution < -0.4 is 11.5 Å². The third-order valence-electron chi connectivity index (χ3n) is 3.68. The van der Waals surface area contributed by atoms with Crippen LogP contribution in [0.15, 0.2) is 16.5 Å². The van der Waals surface area contributed by atoms with Crippen molar-refractivity contribution in [3.63, 3.8) is 0 Å². The summed E-state index contributed by atoms with van der Waals surface area (Å²) in [6.07, 6.45) is 2.28. The maximum Gasteiger partial charge on any atom is 0.121 e. The van der Waals surface area contributed by atoms with Crippen LogP contribution in [0.3, 0.4) is 0 Å². The van der Waals surface area contributed by atoms with Gasteiger partial charge in [-0.15, -0.1) is 0 Å². The number of piperidine rings is 1. The quantitative estimate of drug-likeness (QED) is 0.827. The van der Waals surface area contributed by atoms with E-state index in [-0.39, 0.29) is 6.04 Å².